The van der Waals surface area contributed by atoms with Crippen molar-refractivity contribution in [1.29, 1.82) is 0 Å². The van der Waals surface area contributed by atoms with Crippen molar-refractivity contribution in [1.82, 2.24) is 5.32 Å². The van der Waals surface area contributed by atoms with Crippen LogP contribution in [0.15, 0.2) is 24.3 Å². The van der Waals surface area contributed by atoms with Crippen molar-refractivity contribution < 1.29 is 18.7 Å². The van der Waals surface area contributed by atoms with Gasteiger partial charge >= 0.3 is 0 Å². The second-order valence-electron chi connectivity index (χ2n) is 3.60. The largest absolute Gasteiger partial charge is 0.390 e. The summed E-state index contributed by atoms with van der Waals surface area (Å²) >= 11 is 0. The molecule has 4 nitrogen and oxygen atoms in total. The summed E-state index contributed by atoms with van der Waals surface area (Å²) in [5, 5.41) is 10.4. The zero-order valence-electron chi connectivity index (χ0n) is 9.12. The quantitative estimate of drug-likeness (QED) is 0.706. The van der Waals surface area contributed by atoms with Crippen molar-refractivity contribution in [2.45, 2.75) is 12.5 Å². The Morgan fingerprint density at radius 1 is 1.35 bits per heavy atom. The van der Waals surface area contributed by atoms with E-state index in [1.807, 2.05) is 5.32 Å². The van der Waals surface area contributed by atoms with Crippen LogP contribution in [0.3, 0.4) is 0 Å². The van der Waals surface area contributed by atoms with E-state index in [0.29, 0.717) is 6.54 Å². The van der Waals surface area contributed by atoms with Gasteiger partial charge in [0.2, 0.25) is 0 Å². The summed E-state index contributed by atoms with van der Waals surface area (Å²) in [6, 6.07) is 6.32. The SMILES string of the molecule is NCc1ccc(C(=O)NCC(F)(F)CO)cc1. The summed E-state index contributed by atoms with van der Waals surface area (Å²) in [7, 11) is 0. The summed E-state index contributed by atoms with van der Waals surface area (Å²) in [5.74, 6) is -3.91. The molecule has 1 rings (SSSR count). The van der Waals surface area contributed by atoms with Crippen molar-refractivity contribution in [3.05, 3.63) is 35.4 Å². The first-order valence-electron chi connectivity index (χ1n) is 5.04. The lowest BCUT2D eigenvalue weighted by Crippen LogP contribution is -2.38. The Morgan fingerprint density at radius 3 is 2.41 bits per heavy atom. The highest BCUT2D eigenvalue weighted by Crippen LogP contribution is 2.10. The fraction of sp³-hybridized carbons (Fsp3) is 0.364. The molecule has 1 aromatic rings. The number of carbonyl (C=O) groups is 1. The fourth-order valence-corrected chi connectivity index (χ4v) is 1.16. The molecule has 0 radical (unpaired) electrons. The Balaban J connectivity index is 2.58. The van der Waals surface area contributed by atoms with Crippen molar-refractivity contribution >= 4 is 5.91 Å². The lowest BCUT2D eigenvalue weighted by molar-refractivity contribution is -0.0462. The highest BCUT2D eigenvalue weighted by atomic mass is 19.3. The number of rotatable bonds is 5. The smallest absolute Gasteiger partial charge is 0.287 e. The maximum Gasteiger partial charge on any atom is 0.287 e. The number of halogens is 2. The van der Waals surface area contributed by atoms with E-state index >= 15 is 0 Å². The van der Waals surface area contributed by atoms with Gasteiger partial charge in [0.05, 0.1) is 6.54 Å². The molecule has 0 saturated carbocycles. The second kappa shape index (κ2) is 5.70. The van der Waals surface area contributed by atoms with E-state index in [4.69, 9.17) is 10.8 Å². The minimum Gasteiger partial charge on any atom is -0.390 e. The highest BCUT2D eigenvalue weighted by molar-refractivity contribution is 5.94. The van der Waals surface area contributed by atoms with Crippen LogP contribution >= 0.6 is 0 Å². The van der Waals surface area contributed by atoms with Gasteiger partial charge in [0.25, 0.3) is 11.8 Å². The Hall–Kier alpha value is -1.53. The fourth-order valence-electron chi connectivity index (χ4n) is 1.16. The molecule has 0 aliphatic rings. The molecule has 17 heavy (non-hydrogen) atoms. The van der Waals surface area contributed by atoms with Crippen LogP contribution in [0, 0.1) is 0 Å². The van der Waals surface area contributed by atoms with Crippen LogP contribution in [-0.4, -0.2) is 30.1 Å². The maximum absolute atomic E-state index is 12.7. The van der Waals surface area contributed by atoms with Crippen LogP contribution in [-0.2, 0) is 6.54 Å². The molecule has 0 fully saturated rings. The maximum atomic E-state index is 12.7. The predicted molar refractivity (Wildman–Crippen MR) is 58.7 cm³/mol. The van der Waals surface area contributed by atoms with E-state index in [0.717, 1.165) is 5.56 Å². The van der Waals surface area contributed by atoms with Crippen molar-refractivity contribution in [3.8, 4) is 0 Å². The third-order valence-electron chi connectivity index (χ3n) is 2.19. The average molecular weight is 244 g/mol. The standard InChI is InChI=1S/C11H14F2N2O2/c12-11(13,7-16)6-15-10(17)9-3-1-8(5-14)2-4-9/h1-4,16H,5-7,14H2,(H,15,17). The van der Waals surface area contributed by atoms with Gasteiger partial charge in [-0.25, -0.2) is 8.78 Å². The zero-order chi connectivity index (χ0) is 12.9. The van der Waals surface area contributed by atoms with Gasteiger partial charge in [-0.2, -0.15) is 0 Å². The number of alkyl halides is 2. The van der Waals surface area contributed by atoms with Crippen molar-refractivity contribution in [2.24, 2.45) is 5.73 Å². The van der Waals surface area contributed by atoms with E-state index in [2.05, 4.69) is 0 Å². The van der Waals surface area contributed by atoms with Crippen molar-refractivity contribution in [2.75, 3.05) is 13.2 Å². The van der Waals surface area contributed by atoms with Gasteiger partial charge in [-0.05, 0) is 17.7 Å². The van der Waals surface area contributed by atoms with Crippen LogP contribution in [0.25, 0.3) is 0 Å². The molecule has 0 spiro atoms. The first-order valence-corrected chi connectivity index (χ1v) is 5.04. The Morgan fingerprint density at radius 2 is 1.94 bits per heavy atom. The molecule has 94 valence electrons. The molecule has 0 heterocycles. The number of aliphatic hydroxyl groups is 1. The molecule has 6 heteroatoms. The number of carbonyl (C=O) groups excluding carboxylic acids is 1. The van der Waals surface area contributed by atoms with Crippen LogP contribution in [0.4, 0.5) is 8.78 Å². The Bertz CT molecular complexity index is 380. The third kappa shape index (κ3) is 4.08. The molecular weight excluding hydrogens is 230 g/mol. The lowest BCUT2D eigenvalue weighted by Gasteiger charge is -2.13. The molecule has 0 aliphatic heterocycles. The van der Waals surface area contributed by atoms with Crippen LogP contribution in [0.5, 0.6) is 0 Å². The molecule has 0 aromatic heterocycles. The zero-order valence-corrected chi connectivity index (χ0v) is 9.12. The number of aliphatic hydroxyl groups excluding tert-OH is 1. The number of benzene rings is 1. The molecule has 1 amide bonds. The van der Waals surface area contributed by atoms with Crippen molar-refractivity contribution in [3.63, 3.8) is 0 Å². The summed E-state index contributed by atoms with van der Waals surface area (Å²) in [4.78, 5) is 11.4. The van der Waals surface area contributed by atoms with E-state index in [1.54, 1.807) is 12.1 Å². The summed E-state index contributed by atoms with van der Waals surface area (Å²) in [6.45, 7) is -1.83. The predicted octanol–water partition coefficient (Wildman–Crippen LogP) is 0.503. The van der Waals surface area contributed by atoms with E-state index in [1.165, 1.54) is 12.1 Å². The van der Waals surface area contributed by atoms with Gasteiger partial charge < -0.3 is 16.2 Å². The molecule has 1 aromatic carbocycles. The van der Waals surface area contributed by atoms with Gasteiger partial charge in [0.1, 0.15) is 6.61 Å². The number of amides is 1. The van der Waals surface area contributed by atoms with E-state index in [9.17, 15) is 13.6 Å². The molecule has 0 atom stereocenters. The van der Waals surface area contributed by atoms with Gasteiger partial charge in [-0.15, -0.1) is 0 Å². The first kappa shape index (κ1) is 13.5. The molecule has 4 N–H and O–H groups in total. The average Bonchev–Trinajstić information content (AvgIpc) is 2.36. The summed E-state index contributed by atoms with van der Waals surface area (Å²) < 4.78 is 25.3. The number of nitrogens with two attached hydrogens (primary N) is 1. The van der Waals surface area contributed by atoms with Gasteiger partial charge in [-0.1, -0.05) is 12.1 Å². The molecular formula is C11H14F2N2O2. The second-order valence-corrected chi connectivity index (χ2v) is 3.60. The number of hydrogen-bond acceptors (Lipinski definition) is 3. The minimum atomic E-state index is -3.30. The summed E-state index contributed by atoms with van der Waals surface area (Å²) in [5.41, 5.74) is 6.51. The van der Waals surface area contributed by atoms with E-state index in [-0.39, 0.29) is 5.56 Å². The Labute approximate surface area is 97.4 Å². The van der Waals surface area contributed by atoms with Crippen LogP contribution < -0.4 is 11.1 Å². The normalized spacial score (nSPS) is 11.3. The number of nitrogens with one attached hydrogen (secondary N) is 1. The topological polar surface area (TPSA) is 75.4 Å². The van der Waals surface area contributed by atoms with Crippen LogP contribution in [0.1, 0.15) is 15.9 Å². The van der Waals surface area contributed by atoms with Gasteiger partial charge in [-0.3, -0.25) is 4.79 Å². The van der Waals surface area contributed by atoms with Gasteiger partial charge in [0, 0.05) is 12.1 Å². The third-order valence-corrected chi connectivity index (χ3v) is 2.19. The molecule has 0 unspecified atom stereocenters. The lowest BCUT2D eigenvalue weighted by atomic mass is 10.1. The molecule has 0 saturated heterocycles. The van der Waals surface area contributed by atoms with Crippen LogP contribution in [0.2, 0.25) is 0 Å². The number of hydrogen-bond donors (Lipinski definition) is 3. The first-order chi connectivity index (χ1) is 7.98. The van der Waals surface area contributed by atoms with E-state index < -0.39 is 25.0 Å². The molecule has 0 aliphatic carbocycles. The summed E-state index contributed by atoms with van der Waals surface area (Å²) in [6.07, 6.45) is 0. The minimum absolute atomic E-state index is 0.274. The Kier molecular flexibility index (Phi) is 4.53. The monoisotopic (exact) mass is 244 g/mol. The highest BCUT2D eigenvalue weighted by Gasteiger charge is 2.28. The molecule has 0 bridgehead atoms. The van der Waals surface area contributed by atoms with Gasteiger partial charge in [0.15, 0.2) is 0 Å².